The van der Waals surface area contributed by atoms with E-state index >= 15 is 0 Å². The van der Waals surface area contributed by atoms with Gasteiger partial charge in [0.05, 0.1) is 0 Å². The van der Waals surface area contributed by atoms with Gasteiger partial charge in [0.25, 0.3) is 0 Å². The fourth-order valence-corrected chi connectivity index (χ4v) is 2.47. The maximum Gasteiger partial charge on any atom is 0.0460 e. The topological polar surface area (TPSA) is 3.24 Å². The monoisotopic (exact) mass is 323 g/mol. The number of hydrogen-bond acceptors (Lipinski definition) is 1. The molecule has 0 aliphatic rings. The molecule has 0 spiro atoms. The van der Waals surface area contributed by atoms with E-state index in [1.807, 2.05) is 0 Å². The molecule has 2 rings (SSSR count). The standard InChI is InChI=1S/C18H22ClN.ClH/c1-2-18(19)15-20(13-16-9-5-3-6-10-16)14-17-11-7-4-8-12-17;/h3-12,18H,2,13-15H2,1H3;1H. The van der Waals surface area contributed by atoms with E-state index in [0.717, 1.165) is 26.1 Å². The highest BCUT2D eigenvalue weighted by Crippen LogP contribution is 2.13. The molecule has 0 heterocycles. The van der Waals surface area contributed by atoms with E-state index in [1.165, 1.54) is 11.1 Å². The molecular formula is C18H23Cl2N. The number of nitrogens with zero attached hydrogens (tertiary/aromatic N) is 1. The summed E-state index contributed by atoms with van der Waals surface area (Å²) in [6.45, 7) is 4.95. The van der Waals surface area contributed by atoms with Gasteiger partial charge in [-0.25, -0.2) is 0 Å². The predicted octanol–water partition coefficient (Wildman–Crippen LogP) is 5.13. The van der Waals surface area contributed by atoms with E-state index < -0.39 is 0 Å². The van der Waals surface area contributed by atoms with Crippen LogP contribution in [0, 0.1) is 0 Å². The van der Waals surface area contributed by atoms with Gasteiger partial charge in [-0.1, -0.05) is 67.6 Å². The highest BCUT2D eigenvalue weighted by atomic mass is 35.5. The second kappa shape index (κ2) is 9.83. The first-order chi connectivity index (χ1) is 9.78. The van der Waals surface area contributed by atoms with Crippen LogP contribution in [0.2, 0.25) is 0 Å². The predicted molar refractivity (Wildman–Crippen MR) is 94.2 cm³/mol. The molecule has 0 saturated heterocycles. The summed E-state index contributed by atoms with van der Waals surface area (Å²) < 4.78 is 0. The molecule has 0 fully saturated rings. The first kappa shape index (κ1) is 18.0. The molecule has 0 saturated carbocycles. The fourth-order valence-electron chi connectivity index (χ4n) is 2.28. The zero-order valence-corrected chi connectivity index (χ0v) is 14.0. The van der Waals surface area contributed by atoms with Crippen LogP contribution in [-0.2, 0) is 13.1 Å². The summed E-state index contributed by atoms with van der Waals surface area (Å²) in [4.78, 5) is 2.42. The van der Waals surface area contributed by atoms with Crippen molar-refractivity contribution in [3.63, 3.8) is 0 Å². The van der Waals surface area contributed by atoms with E-state index in [0.29, 0.717) is 0 Å². The molecule has 0 bridgehead atoms. The maximum atomic E-state index is 6.35. The van der Waals surface area contributed by atoms with Gasteiger partial charge in [0.2, 0.25) is 0 Å². The minimum atomic E-state index is 0. The Hall–Kier alpha value is -1.02. The van der Waals surface area contributed by atoms with Crippen molar-refractivity contribution in [2.24, 2.45) is 0 Å². The van der Waals surface area contributed by atoms with Crippen molar-refractivity contribution in [1.29, 1.82) is 0 Å². The molecule has 0 aliphatic heterocycles. The van der Waals surface area contributed by atoms with Crippen molar-refractivity contribution >= 4 is 24.0 Å². The number of rotatable bonds is 7. The first-order valence-corrected chi connectivity index (χ1v) is 7.66. The summed E-state index contributed by atoms with van der Waals surface area (Å²) in [6, 6.07) is 21.2. The molecule has 0 aliphatic carbocycles. The highest BCUT2D eigenvalue weighted by Gasteiger charge is 2.11. The lowest BCUT2D eigenvalue weighted by atomic mass is 10.1. The van der Waals surface area contributed by atoms with Crippen molar-refractivity contribution in [3.8, 4) is 0 Å². The number of halogens is 2. The molecule has 2 aromatic rings. The largest absolute Gasteiger partial charge is 0.293 e. The van der Waals surface area contributed by atoms with Crippen LogP contribution in [0.3, 0.4) is 0 Å². The Morgan fingerprint density at radius 2 is 1.29 bits per heavy atom. The van der Waals surface area contributed by atoms with Crippen molar-refractivity contribution < 1.29 is 0 Å². The summed E-state index contributed by atoms with van der Waals surface area (Å²) in [5, 5.41) is 0.211. The third kappa shape index (κ3) is 6.52. The van der Waals surface area contributed by atoms with Crippen LogP contribution in [0.1, 0.15) is 24.5 Å². The van der Waals surface area contributed by atoms with E-state index in [1.54, 1.807) is 0 Å². The molecule has 2 aromatic carbocycles. The summed E-state index contributed by atoms with van der Waals surface area (Å²) in [5.41, 5.74) is 2.67. The van der Waals surface area contributed by atoms with Crippen LogP contribution in [0.15, 0.2) is 60.7 Å². The van der Waals surface area contributed by atoms with E-state index in [2.05, 4.69) is 72.5 Å². The van der Waals surface area contributed by atoms with Gasteiger partial charge in [-0.3, -0.25) is 4.90 Å². The Kier molecular flexibility index (Phi) is 8.44. The summed E-state index contributed by atoms with van der Waals surface area (Å²) >= 11 is 6.35. The summed E-state index contributed by atoms with van der Waals surface area (Å²) in [5.74, 6) is 0. The normalized spacial score (nSPS) is 12.0. The van der Waals surface area contributed by atoms with Crippen molar-refractivity contribution in [2.45, 2.75) is 31.8 Å². The second-order valence-electron chi connectivity index (χ2n) is 5.15. The van der Waals surface area contributed by atoms with E-state index in [4.69, 9.17) is 11.6 Å². The van der Waals surface area contributed by atoms with Gasteiger partial charge in [0.1, 0.15) is 0 Å². The maximum absolute atomic E-state index is 6.35. The minimum absolute atomic E-state index is 0. The number of alkyl halides is 1. The molecule has 21 heavy (non-hydrogen) atoms. The van der Waals surface area contributed by atoms with Crippen LogP contribution < -0.4 is 0 Å². The molecule has 0 N–H and O–H groups in total. The van der Waals surface area contributed by atoms with Crippen LogP contribution in [0.5, 0.6) is 0 Å². The molecule has 3 heteroatoms. The summed E-state index contributed by atoms with van der Waals surface area (Å²) in [7, 11) is 0. The van der Waals surface area contributed by atoms with Crippen LogP contribution >= 0.6 is 24.0 Å². The average Bonchev–Trinajstić information content (AvgIpc) is 2.49. The van der Waals surface area contributed by atoms with Crippen molar-refractivity contribution in [1.82, 2.24) is 4.90 Å². The quantitative estimate of drug-likeness (QED) is 0.638. The lowest BCUT2D eigenvalue weighted by Crippen LogP contribution is -2.29. The Bertz CT molecular complexity index is 446. The Balaban J connectivity index is 0.00000220. The fraction of sp³-hybridized carbons (Fsp3) is 0.333. The molecule has 1 unspecified atom stereocenters. The third-order valence-electron chi connectivity index (χ3n) is 3.40. The van der Waals surface area contributed by atoms with Gasteiger partial charge in [-0.15, -0.1) is 24.0 Å². The molecule has 1 atom stereocenters. The number of benzene rings is 2. The molecule has 0 amide bonds. The van der Waals surface area contributed by atoms with Crippen molar-refractivity contribution in [2.75, 3.05) is 6.54 Å². The van der Waals surface area contributed by atoms with Gasteiger partial charge in [-0.05, 0) is 17.5 Å². The second-order valence-corrected chi connectivity index (χ2v) is 5.76. The Morgan fingerprint density at radius 1 is 0.857 bits per heavy atom. The van der Waals surface area contributed by atoms with Gasteiger partial charge < -0.3 is 0 Å². The van der Waals surface area contributed by atoms with E-state index in [9.17, 15) is 0 Å². The zero-order valence-electron chi connectivity index (χ0n) is 12.4. The van der Waals surface area contributed by atoms with Crippen molar-refractivity contribution in [3.05, 3.63) is 71.8 Å². The molecule has 1 nitrogen and oxygen atoms in total. The smallest absolute Gasteiger partial charge is 0.0460 e. The Labute approximate surface area is 139 Å². The minimum Gasteiger partial charge on any atom is -0.293 e. The zero-order chi connectivity index (χ0) is 14.2. The Morgan fingerprint density at radius 3 is 1.67 bits per heavy atom. The van der Waals surface area contributed by atoms with E-state index in [-0.39, 0.29) is 17.8 Å². The van der Waals surface area contributed by atoms with Gasteiger partial charge in [0.15, 0.2) is 0 Å². The summed E-state index contributed by atoms with van der Waals surface area (Å²) in [6.07, 6.45) is 1.00. The lowest BCUT2D eigenvalue weighted by molar-refractivity contribution is 0.255. The van der Waals surface area contributed by atoms with Gasteiger partial charge >= 0.3 is 0 Å². The van der Waals surface area contributed by atoms with Gasteiger partial charge in [0, 0.05) is 25.0 Å². The van der Waals surface area contributed by atoms with Gasteiger partial charge in [-0.2, -0.15) is 0 Å². The first-order valence-electron chi connectivity index (χ1n) is 7.22. The molecule has 114 valence electrons. The highest BCUT2D eigenvalue weighted by molar-refractivity contribution is 6.20. The van der Waals surface area contributed by atoms with Crippen LogP contribution in [0.4, 0.5) is 0 Å². The third-order valence-corrected chi connectivity index (χ3v) is 3.84. The molecule has 0 aromatic heterocycles. The average molecular weight is 324 g/mol. The molecule has 0 radical (unpaired) electrons. The SMILES string of the molecule is CCC(Cl)CN(Cc1ccccc1)Cc1ccccc1.Cl. The van der Waals surface area contributed by atoms with Crippen LogP contribution in [0.25, 0.3) is 0 Å². The molecular weight excluding hydrogens is 301 g/mol. The van der Waals surface area contributed by atoms with Crippen LogP contribution in [-0.4, -0.2) is 16.8 Å². The lowest BCUT2D eigenvalue weighted by Gasteiger charge is -2.24. The number of hydrogen-bond donors (Lipinski definition) is 0.